The number of nitrogens with zero attached hydrogens (tertiary/aromatic N) is 1. The van der Waals surface area contributed by atoms with Crippen molar-refractivity contribution in [1.29, 1.82) is 0 Å². The van der Waals surface area contributed by atoms with Crippen molar-refractivity contribution >= 4 is 16.6 Å². The molecule has 2 rings (SSSR count). The van der Waals surface area contributed by atoms with Gasteiger partial charge in [-0.1, -0.05) is 44.4 Å². The molecule has 0 amide bonds. The smallest absolute Gasteiger partial charge is 0.252 e. The summed E-state index contributed by atoms with van der Waals surface area (Å²) >= 11 is 0. The van der Waals surface area contributed by atoms with Gasteiger partial charge in [-0.3, -0.25) is 4.79 Å². The van der Waals surface area contributed by atoms with Crippen LogP contribution in [0.3, 0.4) is 0 Å². The summed E-state index contributed by atoms with van der Waals surface area (Å²) in [4.78, 5) is 11.9. The second kappa shape index (κ2) is 6.41. The second-order valence-corrected chi connectivity index (χ2v) is 4.96. The van der Waals surface area contributed by atoms with Crippen molar-refractivity contribution in [2.75, 3.05) is 11.9 Å². The largest absolute Gasteiger partial charge is 0.384 e. The molecular weight excluding hydrogens is 236 g/mol. The minimum Gasteiger partial charge on any atom is -0.384 e. The van der Waals surface area contributed by atoms with Gasteiger partial charge in [0.2, 0.25) is 0 Å². The number of nitrogens with one attached hydrogen (secondary N) is 1. The molecule has 3 heteroatoms. The maximum Gasteiger partial charge on any atom is 0.252 e. The van der Waals surface area contributed by atoms with E-state index in [0.717, 1.165) is 29.6 Å². The average molecular weight is 258 g/mol. The summed E-state index contributed by atoms with van der Waals surface area (Å²) in [6, 6.07) is 9.71. The topological polar surface area (TPSA) is 34.0 Å². The first-order valence-electron chi connectivity index (χ1n) is 7.06. The Kier molecular flexibility index (Phi) is 4.61. The lowest BCUT2D eigenvalue weighted by molar-refractivity contribution is 0.685. The van der Waals surface area contributed by atoms with E-state index in [2.05, 4.69) is 18.3 Å². The second-order valence-electron chi connectivity index (χ2n) is 4.96. The fourth-order valence-corrected chi connectivity index (χ4v) is 2.33. The van der Waals surface area contributed by atoms with Gasteiger partial charge in [0.1, 0.15) is 0 Å². The zero-order chi connectivity index (χ0) is 13.7. The van der Waals surface area contributed by atoms with Gasteiger partial charge in [-0.15, -0.1) is 0 Å². The highest BCUT2D eigenvalue weighted by Gasteiger charge is 2.05. The fourth-order valence-electron chi connectivity index (χ4n) is 2.33. The molecule has 102 valence electrons. The summed E-state index contributed by atoms with van der Waals surface area (Å²) in [6.07, 6.45) is 4.91. The number of rotatable bonds is 6. The first-order chi connectivity index (χ1) is 9.24. The van der Waals surface area contributed by atoms with Crippen molar-refractivity contribution in [2.24, 2.45) is 7.05 Å². The van der Waals surface area contributed by atoms with Crippen molar-refractivity contribution in [3.63, 3.8) is 0 Å². The predicted octanol–water partition coefficient (Wildman–Crippen LogP) is 3.53. The molecule has 1 aromatic heterocycles. The van der Waals surface area contributed by atoms with E-state index >= 15 is 0 Å². The lowest BCUT2D eigenvalue weighted by Crippen LogP contribution is -2.17. The van der Waals surface area contributed by atoms with Gasteiger partial charge in [-0.25, -0.2) is 0 Å². The Labute approximate surface area is 114 Å². The number of aromatic nitrogens is 1. The first-order valence-corrected chi connectivity index (χ1v) is 7.06. The number of hydrogen-bond donors (Lipinski definition) is 1. The molecule has 19 heavy (non-hydrogen) atoms. The minimum absolute atomic E-state index is 0.0368. The van der Waals surface area contributed by atoms with E-state index in [0.29, 0.717) is 0 Å². The quantitative estimate of drug-likeness (QED) is 0.804. The van der Waals surface area contributed by atoms with Gasteiger partial charge in [0, 0.05) is 30.7 Å². The highest BCUT2D eigenvalue weighted by atomic mass is 16.1. The lowest BCUT2D eigenvalue weighted by Gasteiger charge is -2.12. The third kappa shape index (κ3) is 3.16. The standard InChI is InChI=1S/C16H22N2O/c1-3-4-5-8-11-17-14-12-16(19)18(2)15-10-7-6-9-13(14)15/h6-7,9-10,12,17H,3-5,8,11H2,1-2H3. The number of hydrogen-bond acceptors (Lipinski definition) is 2. The van der Waals surface area contributed by atoms with Crippen molar-refractivity contribution in [1.82, 2.24) is 4.57 Å². The molecule has 0 radical (unpaired) electrons. The molecule has 1 heterocycles. The Bertz CT molecular complexity index is 601. The van der Waals surface area contributed by atoms with Crippen LogP contribution in [0.4, 0.5) is 5.69 Å². The summed E-state index contributed by atoms with van der Waals surface area (Å²) in [5.41, 5.74) is 1.97. The van der Waals surface area contributed by atoms with Crippen LogP contribution in [0.25, 0.3) is 10.9 Å². The highest BCUT2D eigenvalue weighted by Crippen LogP contribution is 2.20. The number of aryl methyl sites for hydroxylation is 1. The first kappa shape index (κ1) is 13.7. The monoisotopic (exact) mass is 258 g/mol. The van der Waals surface area contributed by atoms with Crippen LogP contribution in [0.5, 0.6) is 0 Å². The SMILES string of the molecule is CCCCCCNc1cc(=O)n(C)c2ccccc12. The molecule has 2 aromatic rings. The molecule has 0 aliphatic carbocycles. The minimum atomic E-state index is 0.0368. The van der Waals surface area contributed by atoms with E-state index < -0.39 is 0 Å². The van der Waals surface area contributed by atoms with Crippen LogP contribution < -0.4 is 10.9 Å². The Morgan fingerprint density at radius 3 is 2.74 bits per heavy atom. The third-order valence-corrected chi connectivity index (χ3v) is 3.50. The number of fused-ring (bicyclic) bond motifs is 1. The van der Waals surface area contributed by atoms with E-state index in [1.54, 1.807) is 10.6 Å². The Morgan fingerprint density at radius 1 is 1.16 bits per heavy atom. The fraction of sp³-hybridized carbons (Fsp3) is 0.438. The van der Waals surface area contributed by atoms with E-state index in [1.807, 2.05) is 25.2 Å². The van der Waals surface area contributed by atoms with Crippen molar-refractivity contribution in [2.45, 2.75) is 32.6 Å². The molecule has 1 aromatic carbocycles. The van der Waals surface area contributed by atoms with Crippen LogP contribution in [0.1, 0.15) is 32.6 Å². The molecule has 0 saturated carbocycles. The van der Waals surface area contributed by atoms with Gasteiger partial charge in [-0.05, 0) is 12.5 Å². The average Bonchev–Trinajstić information content (AvgIpc) is 2.44. The van der Waals surface area contributed by atoms with Crippen LogP contribution in [0.15, 0.2) is 35.1 Å². The number of benzene rings is 1. The van der Waals surface area contributed by atoms with E-state index in [-0.39, 0.29) is 5.56 Å². The van der Waals surface area contributed by atoms with Crippen LogP contribution >= 0.6 is 0 Å². The molecule has 0 bridgehead atoms. The molecule has 0 atom stereocenters. The molecule has 3 nitrogen and oxygen atoms in total. The van der Waals surface area contributed by atoms with Crippen LogP contribution in [0.2, 0.25) is 0 Å². The van der Waals surface area contributed by atoms with Crippen molar-refractivity contribution < 1.29 is 0 Å². The number of unbranched alkanes of at least 4 members (excludes halogenated alkanes) is 3. The number of para-hydroxylation sites is 1. The van der Waals surface area contributed by atoms with Gasteiger partial charge in [0.15, 0.2) is 0 Å². The van der Waals surface area contributed by atoms with E-state index in [4.69, 9.17) is 0 Å². The summed E-state index contributed by atoms with van der Waals surface area (Å²) in [7, 11) is 1.82. The molecule has 0 aliphatic rings. The maximum absolute atomic E-state index is 11.9. The molecule has 1 N–H and O–H groups in total. The van der Waals surface area contributed by atoms with Gasteiger partial charge in [0.25, 0.3) is 5.56 Å². The number of pyridine rings is 1. The molecule has 0 spiro atoms. The van der Waals surface area contributed by atoms with Crippen LogP contribution in [-0.2, 0) is 7.05 Å². The maximum atomic E-state index is 11.9. The van der Waals surface area contributed by atoms with Crippen LogP contribution in [0, 0.1) is 0 Å². The third-order valence-electron chi connectivity index (χ3n) is 3.50. The summed E-state index contributed by atoms with van der Waals surface area (Å²) in [5, 5.41) is 4.51. The molecule has 0 unspecified atom stereocenters. The summed E-state index contributed by atoms with van der Waals surface area (Å²) < 4.78 is 1.69. The molecular formula is C16H22N2O. The van der Waals surface area contributed by atoms with Gasteiger partial charge >= 0.3 is 0 Å². The highest BCUT2D eigenvalue weighted by molar-refractivity contribution is 5.91. The normalized spacial score (nSPS) is 10.8. The Hall–Kier alpha value is -1.77. The molecule has 0 aliphatic heterocycles. The predicted molar refractivity (Wildman–Crippen MR) is 81.8 cm³/mol. The lowest BCUT2D eigenvalue weighted by atomic mass is 10.1. The Morgan fingerprint density at radius 2 is 1.95 bits per heavy atom. The zero-order valence-electron chi connectivity index (χ0n) is 11.8. The summed E-state index contributed by atoms with van der Waals surface area (Å²) in [6.45, 7) is 3.14. The van der Waals surface area contributed by atoms with Gasteiger partial charge in [-0.2, -0.15) is 0 Å². The Balaban J connectivity index is 2.19. The van der Waals surface area contributed by atoms with E-state index in [1.165, 1.54) is 19.3 Å². The zero-order valence-corrected chi connectivity index (χ0v) is 11.8. The van der Waals surface area contributed by atoms with Gasteiger partial charge in [0.05, 0.1) is 5.52 Å². The molecule has 0 fully saturated rings. The van der Waals surface area contributed by atoms with Crippen molar-refractivity contribution in [3.05, 3.63) is 40.7 Å². The molecule has 0 saturated heterocycles. The van der Waals surface area contributed by atoms with Crippen LogP contribution in [-0.4, -0.2) is 11.1 Å². The van der Waals surface area contributed by atoms with E-state index in [9.17, 15) is 4.79 Å². The number of anilines is 1. The van der Waals surface area contributed by atoms with Crippen molar-refractivity contribution in [3.8, 4) is 0 Å². The summed E-state index contributed by atoms with van der Waals surface area (Å²) in [5.74, 6) is 0. The van der Waals surface area contributed by atoms with Gasteiger partial charge < -0.3 is 9.88 Å².